The fourth-order valence-electron chi connectivity index (χ4n) is 3.13. The van der Waals surface area contributed by atoms with E-state index in [9.17, 15) is 10.1 Å². The quantitative estimate of drug-likeness (QED) is 0.260. The molecular weight excluding hydrogens is 328 g/mol. The van der Waals surface area contributed by atoms with Crippen LogP contribution in [-0.2, 0) is 0 Å². The Balaban J connectivity index is 1.69. The van der Waals surface area contributed by atoms with Gasteiger partial charge in [0.2, 0.25) is 5.96 Å². The van der Waals surface area contributed by atoms with Crippen molar-refractivity contribution in [2.24, 2.45) is 10.7 Å². The van der Waals surface area contributed by atoms with Gasteiger partial charge in [0.1, 0.15) is 0 Å². The first-order valence-corrected chi connectivity index (χ1v) is 8.11. The first-order chi connectivity index (χ1) is 12.5. The third kappa shape index (κ3) is 2.57. The predicted molar refractivity (Wildman–Crippen MR) is 106 cm³/mol. The summed E-state index contributed by atoms with van der Waals surface area (Å²) < 4.78 is 0. The summed E-state index contributed by atoms with van der Waals surface area (Å²) in [5.41, 5.74) is 9.98. The minimum Gasteiger partial charge on any atom is -0.369 e. The maximum Gasteiger partial charge on any atom is 0.269 e. The molecule has 0 aromatic heterocycles. The molecular formula is C20H16N4O2. The van der Waals surface area contributed by atoms with E-state index < -0.39 is 4.92 Å². The first kappa shape index (κ1) is 15.8. The normalized spacial score (nSPS) is 12.6. The zero-order valence-electron chi connectivity index (χ0n) is 14.1. The Morgan fingerprint density at radius 1 is 1.08 bits per heavy atom. The Bertz CT molecular complexity index is 1080. The Labute approximate surface area is 150 Å². The number of guanidine groups is 1. The van der Waals surface area contributed by atoms with Crippen LogP contribution in [0.1, 0.15) is 11.1 Å². The monoisotopic (exact) mass is 344 g/mol. The van der Waals surface area contributed by atoms with E-state index in [0.717, 1.165) is 16.9 Å². The number of aliphatic imine (C=N–C) groups is 1. The lowest BCUT2D eigenvalue weighted by atomic mass is 10.0. The second-order valence-electron chi connectivity index (χ2n) is 6.08. The molecule has 0 saturated carbocycles. The van der Waals surface area contributed by atoms with E-state index in [0.29, 0.717) is 5.96 Å². The number of nitro benzene ring substituents is 1. The second kappa shape index (κ2) is 6.00. The number of nitro groups is 1. The molecule has 4 rings (SSSR count). The highest BCUT2D eigenvalue weighted by Crippen LogP contribution is 2.37. The van der Waals surface area contributed by atoms with E-state index >= 15 is 0 Å². The molecule has 0 aliphatic heterocycles. The molecule has 6 heteroatoms. The number of rotatable bonds is 3. The zero-order valence-corrected chi connectivity index (χ0v) is 14.1. The molecule has 128 valence electrons. The minimum absolute atomic E-state index is 0.0398. The van der Waals surface area contributed by atoms with Crippen molar-refractivity contribution in [3.8, 4) is 0 Å². The van der Waals surface area contributed by atoms with Crippen molar-refractivity contribution in [2.45, 2.75) is 0 Å². The summed E-state index contributed by atoms with van der Waals surface area (Å²) in [4.78, 5) is 16.6. The van der Waals surface area contributed by atoms with Gasteiger partial charge in [-0.25, -0.2) is 4.99 Å². The van der Waals surface area contributed by atoms with E-state index in [1.165, 1.54) is 28.5 Å². The van der Waals surface area contributed by atoms with Crippen LogP contribution in [0.25, 0.3) is 22.9 Å². The van der Waals surface area contributed by atoms with Gasteiger partial charge in [-0.05, 0) is 34.5 Å². The number of non-ortho nitro benzene ring substituents is 1. The number of hydrogen-bond acceptors (Lipinski definition) is 3. The largest absolute Gasteiger partial charge is 0.369 e. The molecule has 0 radical (unpaired) electrons. The fraction of sp³-hybridized carbons (Fsp3) is 0.0500. The summed E-state index contributed by atoms with van der Waals surface area (Å²) in [5.74, 6) is 0.312. The minimum atomic E-state index is -0.429. The van der Waals surface area contributed by atoms with E-state index in [1.807, 2.05) is 18.2 Å². The first-order valence-electron chi connectivity index (χ1n) is 8.11. The summed E-state index contributed by atoms with van der Waals surface area (Å²) in [6, 6.07) is 16.4. The van der Waals surface area contributed by atoms with Crippen molar-refractivity contribution in [1.82, 2.24) is 0 Å². The highest BCUT2D eigenvalue weighted by molar-refractivity contribution is 6.08. The van der Waals surface area contributed by atoms with Crippen LogP contribution >= 0.6 is 0 Å². The lowest BCUT2D eigenvalue weighted by molar-refractivity contribution is -0.384. The molecule has 6 nitrogen and oxygen atoms in total. The lowest BCUT2D eigenvalue weighted by Crippen LogP contribution is -2.33. The molecule has 3 aromatic carbocycles. The van der Waals surface area contributed by atoms with Crippen LogP contribution in [0.2, 0.25) is 0 Å². The summed E-state index contributed by atoms with van der Waals surface area (Å²) in [6.07, 6.45) is 4.13. The molecule has 1 aliphatic carbocycles. The van der Waals surface area contributed by atoms with Gasteiger partial charge in [0, 0.05) is 30.4 Å². The average Bonchev–Trinajstić information content (AvgIpc) is 3.09. The van der Waals surface area contributed by atoms with Gasteiger partial charge in [0.25, 0.3) is 5.69 Å². The molecule has 0 bridgehead atoms. The number of benzene rings is 3. The Hall–Kier alpha value is -3.67. The Morgan fingerprint density at radius 2 is 1.85 bits per heavy atom. The number of anilines is 1. The van der Waals surface area contributed by atoms with E-state index in [-0.39, 0.29) is 5.69 Å². The molecule has 0 saturated heterocycles. The molecule has 0 spiro atoms. The SMILES string of the molecule is CN(C(N)=Nc1ccc2cccc3c2c1C=C3)c1ccc([N+](=O)[O-])cc1. The van der Waals surface area contributed by atoms with Crippen molar-refractivity contribution in [3.05, 3.63) is 75.8 Å². The average molecular weight is 344 g/mol. The van der Waals surface area contributed by atoms with E-state index in [2.05, 4.69) is 29.3 Å². The molecule has 3 aromatic rings. The lowest BCUT2D eigenvalue weighted by Gasteiger charge is -2.18. The number of hydrogen-bond donors (Lipinski definition) is 1. The van der Waals surface area contributed by atoms with Crippen molar-refractivity contribution >= 4 is 45.9 Å². The van der Waals surface area contributed by atoms with Crippen molar-refractivity contribution < 1.29 is 4.92 Å². The van der Waals surface area contributed by atoms with Crippen LogP contribution in [0.5, 0.6) is 0 Å². The van der Waals surface area contributed by atoms with Crippen molar-refractivity contribution in [3.63, 3.8) is 0 Å². The van der Waals surface area contributed by atoms with Crippen molar-refractivity contribution in [1.29, 1.82) is 0 Å². The molecule has 0 atom stereocenters. The Kier molecular flexibility index (Phi) is 3.65. The fourth-order valence-corrected chi connectivity index (χ4v) is 3.13. The smallest absolute Gasteiger partial charge is 0.269 e. The van der Waals surface area contributed by atoms with Gasteiger partial charge in [0.15, 0.2) is 0 Å². The second-order valence-corrected chi connectivity index (χ2v) is 6.08. The van der Waals surface area contributed by atoms with Crippen LogP contribution in [0, 0.1) is 10.1 Å². The van der Waals surface area contributed by atoms with Crippen LogP contribution in [0.4, 0.5) is 17.1 Å². The van der Waals surface area contributed by atoms with E-state index in [1.54, 1.807) is 24.1 Å². The Morgan fingerprint density at radius 3 is 2.58 bits per heavy atom. The van der Waals surface area contributed by atoms with Gasteiger partial charge in [-0.15, -0.1) is 0 Å². The number of nitrogens with two attached hydrogens (primary N) is 1. The van der Waals surface area contributed by atoms with E-state index in [4.69, 9.17) is 5.73 Å². The highest BCUT2D eigenvalue weighted by Gasteiger charge is 2.14. The van der Waals surface area contributed by atoms with Crippen molar-refractivity contribution in [2.75, 3.05) is 11.9 Å². The van der Waals surface area contributed by atoms with Gasteiger partial charge in [-0.3, -0.25) is 10.1 Å². The van der Waals surface area contributed by atoms with Crippen LogP contribution < -0.4 is 10.6 Å². The number of nitrogens with zero attached hydrogens (tertiary/aromatic N) is 3. The van der Waals surface area contributed by atoms with Crippen LogP contribution in [0.3, 0.4) is 0 Å². The molecule has 0 fully saturated rings. The molecule has 1 aliphatic rings. The molecule has 0 unspecified atom stereocenters. The maximum atomic E-state index is 10.8. The van der Waals surface area contributed by atoms with Gasteiger partial charge >= 0.3 is 0 Å². The highest BCUT2D eigenvalue weighted by atomic mass is 16.6. The topological polar surface area (TPSA) is 84.8 Å². The van der Waals surface area contributed by atoms with Gasteiger partial charge in [0.05, 0.1) is 10.6 Å². The molecule has 0 amide bonds. The van der Waals surface area contributed by atoms with Gasteiger partial charge in [-0.2, -0.15) is 0 Å². The third-order valence-corrected chi connectivity index (χ3v) is 4.55. The van der Waals surface area contributed by atoms with Gasteiger partial charge in [-0.1, -0.05) is 36.4 Å². The van der Waals surface area contributed by atoms with Crippen LogP contribution in [0.15, 0.2) is 59.6 Å². The summed E-state index contributed by atoms with van der Waals surface area (Å²) in [5, 5.41) is 13.1. The summed E-state index contributed by atoms with van der Waals surface area (Å²) in [7, 11) is 1.78. The molecule has 0 heterocycles. The molecule has 2 N–H and O–H groups in total. The third-order valence-electron chi connectivity index (χ3n) is 4.55. The van der Waals surface area contributed by atoms with Gasteiger partial charge < -0.3 is 10.6 Å². The standard InChI is InChI=1S/C20H16N4O2/c1-23(15-7-9-16(10-8-15)24(25)26)20(21)22-18-12-6-14-4-2-3-13-5-11-17(18)19(13)14/h2-12H,1H3,(H2,21,22). The summed E-state index contributed by atoms with van der Waals surface area (Å²) >= 11 is 0. The maximum absolute atomic E-state index is 10.8. The predicted octanol–water partition coefficient (Wildman–Crippen LogP) is 4.31. The molecule has 26 heavy (non-hydrogen) atoms. The zero-order chi connectivity index (χ0) is 18.3. The van der Waals surface area contributed by atoms with Crippen LogP contribution in [-0.4, -0.2) is 17.9 Å². The summed E-state index contributed by atoms with van der Waals surface area (Å²) in [6.45, 7) is 0.